The summed E-state index contributed by atoms with van der Waals surface area (Å²) in [5.74, 6) is 1.49. The highest BCUT2D eigenvalue weighted by molar-refractivity contribution is 5.77. The van der Waals surface area contributed by atoms with Crippen LogP contribution in [0.1, 0.15) is 61.2 Å². The number of carbonyl (C=O) groups is 1. The van der Waals surface area contributed by atoms with Crippen LogP contribution in [0.15, 0.2) is 30.3 Å². The van der Waals surface area contributed by atoms with Crippen molar-refractivity contribution in [2.45, 2.75) is 50.5 Å². The van der Waals surface area contributed by atoms with Gasteiger partial charge >= 0.3 is 0 Å². The predicted octanol–water partition coefficient (Wildman–Crippen LogP) is 3.58. The summed E-state index contributed by atoms with van der Waals surface area (Å²) in [5.41, 5.74) is 1.03. The molecule has 1 aliphatic carbocycles. The summed E-state index contributed by atoms with van der Waals surface area (Å²) in [6, 6.07) is 9.75. The summed E-state index contributed by atoms with van der Waals surface area (Å²) in [6.07, 6.45) is 5.96. The molecule has 2 aromatic rings. The monoisotopic (exact) mass is 400 g/mol. The fourth-order valence-electron chi connectivity index (χ4n) is 4.46. The van der Waals surface area contributed by atoms with E-state index in [9.17, 15) is 9.18 Å². The van der Waals surface area contributed by atoms with Crippen molar-refractivity contribution >= 4 is 5.91 Å². The molecule has 0 unspecified atom stereocenters. The van der Waals surface area contributed by atoms with Gasteiger partial charge in [0.1, 0.15) is 12.4 Å². The molecule has 29 heavy (non-hydrogen) atoms. The molecule has 2 aliphatic rings. The van der Waals surface area contributed by atoms with Crippen molar-refractivity contribution < 1.29 is 13.9 Å². The molecule has 1 saturated heterocycles. The van der Waals surface area contributed by atoms with E-state index >= 15 is 0 Å². The number of carbonyl (C=O) groups excluding carboxylic acids is 1. The molecular weight excluding hydrogens is 371 g/mol. The second kappa shape index (κ2) is 9.48. The SMILES string of the molecule is O=C(COCc1ccccc1)N1C[C@@H](CF)[C@H](c2nc(C3CCCCC3)n[nH]2)C1. The third-order valence-electron chi connectivity index (χ3n) is 6.17. The highest BCUT2D eigenvalue weighted by Gasteiger charge is 2.38. The van der Waals surface area contributed by atoms with E-state index in [1.807, 2.05) is 30.3 Å². The van der Waals surface area contributed by atoms with E-state index < -0.39 is 6.67 Å². The Kier molecular flexibility index (Phi) is 6.54. The maximum absolute atomic E-state index is 13.7. The van der Waals surface area contributed by atoms with Gasteiger partial charge in [0.25, 0.3) is 0 Å². The van der Waals surface area contributed by atoms with Gasteiger partial charge in [0.05, 0.1) is 13.3 Å². The Balaban J connectivity index is 1.33. The third-order valence-corrected chi connectivity index (χ3v) is 6.17. The summed E-state index contributed by atoms with van der Waals surface area (Å²) in [6.45, 7) is 0.780. The van der Waals surface area contributed by atoms with E-state index in [1.54, 1.807) is 4.90 Å². The minimum Gasteiger partial charge on any atom is -0.367 e. The van der Waals surface area contributed by atoms with E-state index in [4.69, 9.17) is 9.72 Å². The lowest BCUT2D eigenvalue weighted by Crippen LogP contribution is -2.32. The number of amides is 1. The molecule has 7 heteroatoms. The Morgan fingerprint density at radius 1 is 1.17 bits per heavy atom. The highest BCUT2D eigenvalue weighted by atomic mass is 19.1. The highest BCUT2D eigenvalue weighted by Crippen LogP contribution is 2.34. The molecule has 2 atom stereocenters. The molecule has 0 radical (unpaired) electrons. The molecule has 4 rings (SSSR count). The summed E-state index contributed by atoms with van der Waals surface area (Å²) in [4.78, 5) is 19.0. The van der Waals surface area contributed by atoms with E-state index in [0.29, 0.717) is 31.4 Å². The largest absolute Gasteiger partial charge is 0.367 e. The number of halogens is 1. The molecule has 0 spiro atoms. The zero-order valence-electron chi connectivity index (χ0n) is 16.7. The zero-order valence-corrected chi connectivity index (χ0v) is 16.7. The van der Waals surface area contributed by atoms with Gasteiger partial charge in [-0.25, -0.2) is 4.98 Å². The topological polar surface area (TPSA) is 71.1 Å². The van der Waals surface area contributed by atoms with Crippen LogP contribution in [-0.4, -0.2) is 52.4 Å². The minimum atomic E-state index is -0.473. The first kappa shape index (κ1) is 20.0. The van der Waals surface area contributed by atoms with E-state index in [0.717, 1.165) is 24.2 Å². The molecule has 1 amide bonds. The number of H-pyrrole nitrogens is 1. The number of rotatable bonds is 7. The molecule has 1 N–H and O–H groups in total. The molecule has 2 heterocycles. The number of aromatic amines is 1. The number of aromatic nitrogens is 3. The number of nitrogens with one attached hydrogen (secondary N) is 1. The average molecular weight is 400 g/mol. The number of hydrogen-bond acceptors (Lipinski definition) is 4. The lowest BCUT2D eigenvalue weighted by Gasteiger charge is -2.18. The van der Waals surface area contributed by atoms with Crippen LogP contribution < -0.4 is 0 Å². The first-order chi connectivity index (χ1) is 14.2. The molecule has 6 nitrogen and oxygen atoms in total. The first-order valence-electron chi connectivity index (χ1n) is 10.6. The van der Waals surface area contributed by atoms with Crippen LogP contribution in [0.3, 0.4) is 0 Å². The van der Waals surface area contributed by atoms with Crippen molar-refractivity contribution in [3.05, 3.63) is 47.5 Å². The lowest BCUT2D eigenvalue weighted by atomic mass is 9.89. The fraction of sp³-hybridized carbons (Fsp3) is 0.591. The van der Waals surface area contributed by atoms with Crippen LogP contribution >= 0.6 is 0 Å². The standard InChI is InChI=1S/C22H29FN4O2/c23-11-18-12-27(20(28)15-29-14-16-7-3-1-4-8-16)13-19(18)22-24-21(25-26-22)17-9-5-2-6-10-17/h1,3-4,7-8,17-19H,2,5-6,9-15H2,(H,24,25,26)/t18-,19-/m1/s1. The van der Waals surface area contributed by atoms with Crippen LogP contribution in [0.4, 0.5) is 4.39 Å². The Hall–Kier alpha value is -2.28. The number of hydrogen-bond donors (Lipinski definition) is 1. The van der Waals surface area contributed by atoms with Gasteiger partial charge in [-0.3, -0.25) is 14.3 Å². The summed E-state index contributed by atoms with van der Waals surface area (Å²) in [7, 11) is 0. The molecule has 1 aromatic heterocycles. The summed E-state index contributed by atoms with van der Waals surface area (Å²) >= 11 is 0. The predicted molar refractivity (Wildman–Crippen MR) is 107 cm³/mol. The Labute approximate surface area is 170 Å². The second-order valence-corrected chi connectivity index (χ2v) is 8.21. The molecule has 156 valence electrons. The van der Waals surface area contributed by atoms with Gasteiger partial charge in [0.2, 0.25) is 5.91 Å². The maximum atomic E-state index is 13.7. The second-order valence-electron chi connectivity index (χ2n) is 8.21. The molecule has 1 aliphatic heterocycles. The van der Waals surface area contributed by atoms with Crippen LogP contribution in [0.2, 0.25) is 0 Å². The van der Waals surface area contributed by atoms with Crippen molar-refractivity contribution in [3.63, 3.8) is 0 Å². The smallest absolute Gasteiger partial charge is 0.248 e. The number of likely N-dealkylation sites (tertiary alicyclic amines) is 1. The van der Waals surface area contributed by atoms with Gasteiger partial charge in [0.15, 0.2) is 5.82 Å². The normalized spacial score (nSPS) is 22.9. The van der Waals surface area contributed by atoms with Crippen molar-refractivity contribution in [1.29, 1.82) is 0 Å². The Bertz CT molecular complexity index is 791. The van der Waals surface area contributed by atoms with E-state index in [1.165, 1.54) is 19.3 Å². The van der Waals surface area contributed by atoms with Crippen LogP contribution in [0.25, 0.3) is 0 Å². The van der Waals surface area contributed by atoms with Crippen molar-refractivity contribution in [2.75, 3.05) is 26.4 Å². The number of nitrogens with zero attached hydrogens (tertiary/aromatic N) is 3. The summed E-state index contributed by atoms with van der Waals surface area (Å²) < 4.78 is 19.2. The van der Waals surface area contributed by atoms with Gasteiger partial charge in [-0.15, -0.1) is 0 Å². The third kappa shape index (κ3) is 4.83. The molecular formula is C22H29FN4O2. The number of benzene rings is 1. The van der Waals surface area contributed by atoms with Crippen LogP contribution in [0.5, 0.6) is 0 Å². The van der Waals surface area contributed by atoms with Crippen LogP contribution in [0, 0.1) is 5.92 Å². The number of alkyl halides is 1. The molecule has 0 bridgehead atoms. The summed E-state index contributed by atoms with van der Waals surface area (Å²) in [5, 5.41) is 7.46. The first-order valence-corrected chi connectivity index (χ1v) is 10.6. The minimum absolute atomic E-state index is 0.00431. The van der Waals surface area contributed by atoms with E-state index in [2.05, 4.69) is 10.2 Å². The van der Waals surface area contributed by atoms with Gasteiger partial charge in [-0.05, 0) is 18.4 Å². The van der Waals surface area contributed by atoms with Crippen molar-refractivity contribution in [2.24, 2.45) is 5.92 Å². The fourth-order valence-corrected chi connectivity index (χ4v) is 4.46. The van der Waals surface area contributed by atoms with Crippen molar-refractivity contribution in [1.82, 2.24) is 20.1 Å². The van der Waals surface area contributed by atoms with Crippen LogP contribution in [-0.2, 0) is 16.1 Å². The Morgan fingerprint density at radius 2 is 1.97 bits per heavy atom. The Morgan fingerprint density at radius 3 is 2.72 bits per heavy atom. The zero-order chi connectivity index (χ0) is 20.1. The van der Waals surface area contributed by atoms with Gasteiger partial charge < -0.3 is 9.64 Å². The lowest BCUT2D eigenvalue weighted by molar-refractivity contribution is -0.135. The molecule has 2 fully saturated rings. The van der Waals surface area contributed by atoms with E-state index in [-0.39, 0.29) is 24.3 Å². The van der Waals surface area contributed by atoms with Gasteiger partial charge in [-0.1, -0.05) is 49.6 Å². The van der Waals surface area contributed by atoms with Crippen molar-refractivity contribution in [3.8, 4) is 0 Å². The number of ether oxygens (including phenoxy) is 1. The maximum Gasteiger partial charge on any atom is 0.248 e. The molecule has 1 saturated carbocycles. The average Bonchev–Trinajstić information content (AvgIpc) is 3.42. The quantitative estimate of drug-likeness (QED) is 0.771. The molecule has 1 aromatic carbocycles. The van der Waals surface area contributed by atoms with Gasteiger partial charge in [0, 0.05) is 30.8 Å². The van der Waals surface area contributed by atoms with Gasteiger partial charge in [-0.2, -0.15) is 5.10 Å².